The van der Waals surface area contributed by atoms with Crippen LogP contribution in [0.15, 0.2) is 72.1 Å². The Balaban J connectivity index is 1.48. The number of amides is 1. The number of hydrogen-bond acceptors (Lipinski definition) is 6. The van der Waals surface area contributed by atoms with Crippen molar-refractivity contribution in [3.05, 3.63) is 78.2 Å². The largest absolute Gasteiger partial charge is 0.406 e. The van der Waals surface area contributed by atoms with E-state index in [1.54, 1.807) is 17.0 Å². The molecule has 9 nitrogen and oxygen atoms in total. The molecule has 1 amide bonds. The Morgan fingerprint density at radius 3 is 2.48 bits per heavy atom. The van der Waals surface area contributed by atoms with Gasteiger partial charge in [-0.25, -0.2) is 9.36 Å². The van der Waals surface area contributed by atoms with Gasteiger partial charge < -0.3 is 19.8 Å². The Kier molecular flexibility index (Phi) is 11.5. The molecule has 0 saturated heterocycles. The summed E-state index contributed by atoms with van der Waals surface area (Å²) in [4.78, 5) is 13.1. The number of anilines is 2. The molecule has 0 bridgehead atoms. The lowest BCUT2D eigenvalue weighted by Gasteiger charge is -2.35. The van der Waals surface area contributed by atoms with Crippen molar-refractivity contribution in [2.24, 2.45) is 5.10 Å². The molecular weight excluding hydrogens is 609 g/mol. The molecule has 2 heterocycles. The van der Waals surface area contributed by atoms with Crippen LogP contribution in [-0.2, 0) is 15.9 Å². The molecule has 11 heteroatoms. The minimum Gasteiger partial charge on any atom is -0.406 e. The number of nitrogens with one attached hydrogen (secondary N) is 2. The van der Waals surface area contributed by atoms with E-state index >= 15 is 0 Å². The molecule has 0 aliphatic rings. The maximum atomic E-state index is 13.1. The van der Waals surface area contributed by atoms with Crippen LogP contribution in [0, 0.1) is 11.8 Å². The van der Waals surface area contributed by atoms with Crippen molar-refractivity contribution in [1.82, 2.24) is 19.8 Å². The van der Waals surface area contributed by atoms with Crippen molar-refractivity contribution in [2.45, 2.75) is 71.3 Å². The first-order chi connectivity index (χ1) is 21.7. The predicted octanol–water partition coefficient (Wildman–Crippen LogP) is 7.53. The molecule has 0 unspecified atom stereocenters. The Bertz CT molecular complexity index is 1700. The number of carbonyl (C=O) groups excluding carboxylic acids is 1. The van der Waals surface area contributed by atoms with Gasteiger partial charge in [0.25, 0.3) is 5.91 Å². The summed E-state index contributed by atoms with van der Waals surface area (Å²) in [7, 11) is -3.07. The van der Waals surface area contributed by atoms with Gasteiger partial charge in [0.1, 0.15) is 12.4 Å². The zero-order valence-corrected chi connectivity index (χ0v) is 30.5. The first-order valence-corrected chi connectivity index (χ1v) is 22.3. The predicted molar refractivity (Wildman–Crippen MR) is 194 cm³/mol. The Morgan fingerprint density at radius 1 is 1.02 bits per heavy atom. The Hall–Kier alpha value is -3.96. The summed E-state index contributed by atoms with van der Waals surface area (Å²) in [5, 5.41) is 16.8. The van der Waals surface area contributed by atoms with E-state index < -0.39 is 16.4 Å². The van der Waals surface area contributed by atoms with Gasteiger partial charge in [0.05, 0.1) is 36.1 Å². The molecule has 0 fully saturated rings. The average Bonchev–Trinajstić information content (AvgIpc) is 3.63. The number of fused-ring (bicyclic) bond motifs is 1. The van der Waals surface area contributed by atoms with Crippen LogP contribution in [0.5, 0.6) is 0 Å². The minimum absolute atomic E-state index is 0.129. The molecule has 0 saturated carbocycles. The number of carbonyl (C=O) groups is 1. The van der Waals surface area contributed by atoms with Crippen LogP contribution in [0.3, 0.4) is 0 Å². The van der Waals surface area contributed by atoms with E-state index in [0.717, 1.165) is 28.3 Å². The molecule has 2 N–H and O–H groups in total. The maximum absolute atomic E-state index is 13.1. The van der Waals surface area contributed by atoms with Crippen LogP contribution in [0.25, 0.3) is 10.9 Å². The second kappa shape index (κ2) is 15.1. The van der Waals surface area contributed by atoms with Crippen molar-refractivity contribution >= 4 is 50.8 Å². The Morgan fingerprint density at radius 2 is 1.76 bits per heavy atom. The van der Waals surface area contributed by atoms with Crippen molar-refractivity contribution in [3.63, 3.8) is 0 Å². The summed E-state index contributed by atoms with van der Waals surface area (Å²) < 4.78 is 15.8. The molecule has 2 aromatic heterocycles. The van der Waals surface area contributed by atoms with Gasteiger partial charge in [-0.15, -0.1) is 0 Å². The van der Waals surface area contributed by atoms with Gasteiger partial charge in [0.2, 0.25) is 0 Å². The molecular formula is C35H48N6O3Si2. The summed E-state index contributed by atoms with van der Waals surface area (Å²) in [5.74, 6) is 5.87. The fourth-order valence-corrected chi connectivity index (χ4v) is 5.86. The fraction of sp³-hybridized carbons (Fsp3) is 0.400. The van der Waals surface area contributed by atoms with E-state index in [1.807, 2.05) is 65.6 Å². The van der Waals surface area contributed by atoms with Gasteiger partial charge in [0, 0.05) is 38.1 Å². The van der Waals surface area contributed by atoms with Crippen molar-refractivity contribution in [1.29, 1.82) is 0 Å². The van der Waals surface area contributed by atoms with Crippen LogP contribution in [0.1, 0.15) is 36.8 Å². The summed E-state index contributed by atoms with van der Waals surface area (Å²) in [6.45, 7) is 19.7. The highest BCUT2D eigenvalue weighted by atomic mass is 28.4. The average molecular weight is 657 g/mol. The van der Waals surface area contributed by atoms with E-state index in [-0.39, 0.29) is 17.5 Å². The van der Waals surface area contributed by atoms with Crippen LogP contribution in [-0.4, -0.2) is 62.7 Å². The topological polar surface area (TPSA) is 94.7 Å². The van der Waals surface area contributed by atoms with E-state index in [2.05, 4.69) is 81.1 Å². The molecule has 0 radical (unpaired) electrons. The number of ether oxygens (including phenoxy) is 1. The lowest BCUT2D eigenvalue weighted by molar-refractivity contribution is 0.0816. The fourth-order valence-electron chi connectivity index (χ4n) is 4.24. The third kappa shape index (κ3) is 9.77. The zero-order chi connectivity index (χ0) is 33.4. The number of para-hydroxylation sites is 1. The quantitative estimate of drug-likeness (QED) is 0.0672. The molecule has 0 spiro atoms. The van der Waals surface area contributed by atoms with Crippen molar-refractivity contribution < 1.29 is 14.0 Å². The normalized spacial score (nSPS) is 12.3. The number of nitrogens with zero attached hydrogens (tertiary/aromatic N) is 4. The monoisotopic (exact) mass is 656 g/mol. The lowest BCUT2D eigenvalue weighted by atomic mass is 10.1. The molecule has 0 aliphatic carbocycles. The summed E-state index contributed by atoms with van der Waals surface area (Å²) in [5.41, 5.74) is 3.71. The number of aromatic nitrogens is 3. The molecule has 4 aromatic rings. The van der Waals surface area contributed by atoms with Crippen LogP contribution >= 0.6 is 0 Å². The molecule has 46 heavy (non-hydrogen) atoms. The SMILES string of the molecule is CC(C)(C)[Si](C)(C)OCC#CCNC(=O)c1ccccc1Nc1ccc2c(/C=N/n3cccc3)nn(COCC[Si](C)(C)C)c2c1. The van der Waals surface area contributed by atoms with Crippen LogP contribution in [0.2, 0.25) is 43.8 Å². The van der Waals surface area contributed by atoms with Gasteiger partial charge in [-0.2, -0.15) is 10.2 Å². The van der Waals surface area contributed by atoms with Crippen molar-refractivity contribution in [3.8, 4) is 11.8 Å². The van der Waals surface area contributed by atoms with E-state index in [4.69, 9.17) is 14.3 Å². The van der Waals surface area contributed by atoms with Gasteiger partial charge in [-0.3, -0.25) is 4.79 Å². The van der Waals surface area contributed by atoms with Crippen molar-refractivity contribution in [2.75, 3.05) is 25.1 Å². The number of hydrogen-bond donors (Lipinski definition) is 2. The van der Waals surface area contributed by atoms with Crippen LogP contribution < -0.4 is 10.6 Å². The first kappa shape index (κ1) is 34.9. The van der Waals surface area contributed by atoms with E-state index in [1.165, 1.54) is 0 Å². The van der Waals surface area contributed by atoms with Gasteiger partial charge in [-0.1, -0.05) is 64.4 Å². The highest BCUT2D eigenvalue weighted by molar-refractivity contribution is 6.76. The summed E-state index contributed by atoms with van der Waals surface area (Å²) in [6, 6.07) is 18.4. The standard InChI is InChI=1S/C35H48N6O3Si2/c1-35(2,3)46(7,8)44-22-14-11-19-36-34(42)30-15-9-10-16-31(30)38-28-17-18-29-32(26-37-40-20-12-13-21-40)39-41(33(29)25-28)27-43-23-24-45(4,5)6/h9-10,12-13,15-18,20-21,25-26,38H,19,22-24,27H2,1-8H3,(H,36,42)/b37-26+. The third-order valence-corrected chi connectivity index (χ3v) is 14.3. The Labute approximate surface area is 275 Å². The molecule has 0 atom stereocenters. The van der Waals surface area contributed by atoms with E-state index in [9.17, 15) is 4.79 Å². The highest BCUT2D eigenvalue weighted by Crippen LogP contribution is 2.36. The highest BCUT2D eigenvalue weighted by Gasteiger charge is 2.36. The second-order valence-electron chi connectivity index (χ2n) is 14.0. The molecule has 2 aromatic carbocycles. The molecule has 0 aliphatic heterocycles. The lowest BCUT2D eigenvalue weighted by Crippen LogP contribution is -2.40. The van der Waals surface area contributed by atoms with Gasteiger partial charge >= 0.3 is 0 Å². The second-order valence-corrected chi connectivity index (χ2v) is 24.5. The summed E-state index contributed by atoms with van der Waals surface area (Å²) >= 11 is 0. The van der Waals surface area contributed by atoms with Gasteiger partial charge in [-0.05, 0) is 66.6 Å². The zero-order valence-electron chi connectivity index (χ0n) is 28.5. The summed E-state index contributed by atoms with van der Waals surface area (Å²) in [6.07, 6.45) is 5.51. The molecule has 244 valence electrons. The smallest absolute Gasteiger partial charge is 0.254 e. The molecule has 4 rings (SSSR count). The number of benzene rings is 2. The minimum atomic E-state index is -1.85. The van der Waals surface area contributed by atoms with Crippen LogP contribution in [0.4, 0.5) is 11.4 Å². The van der Waals surface area contributed by atoms with Gasteiger partial charge in [0.15, 0.2) is 8.32 Å². The van der Waals surface area contributed by atoms with E-state index in [0.29, 0.717) is 31.2 Å². The maximum Gasteiger partial charge on any atom is 0.254 e. The first-order valence-electron chi connectivity index (χ1n) is 15.7. The number of rotatable bonds is 13. The third-order valence-electron chi connectivity index (χ3n) is 8.12.